The van der Waals surface area contributed by atoms with Crippen molar-refractivity contribution in [3.63, 3.8) is 0 Å². The fourth-order valence-electron chi connectivity index (χ4n) is 3.19. The second-order valence-corrected chi connectivity index (χ2v) is 7.49. The highest BCUT2D eigenvalue weighted by Gasteiger charge is 2.30. The number of carbonyl (C=O) groups excluding carboxylic acids is 2. The van der Waals surface area contributed by atoms with E-state index < -0.39 is 0 Å². The molecule has 0 aliphatic carbocycles. The van der Waals surface area contributed by atoms with Crippen LogP contribution in [0.5, 0.6) is 0 Å². The Morgan fingerprint density at radius 3 is 2.59 bits per heavy atom. The third kappa shape index (κ3) is 3.20. The summed E-state index contributed by atoms with van der Waals surface area (Å²) in [6.07, 6.45) is 1.89. The van der Waals surface area contributed by atoms with Crippen LogP contribution in [-0.2, 0) is 16.1 Å². The Morgan fingerprint density at radius 1 is 1.23 bits per heavy atom. The molecule has 2 aliphatic rings. The van der Waals surface area contributed by atoms with Gasteiger partial charge in [-0.2, -0.15) is 0 Å². The van der Waals surface area contributed by atoms with Crippen LogP contribution in [0.2, 0.25) is 0 Å². The molecule has 2 heterocycles. The molecule has 2 saturated heterocycles. The summed E-state index contributed by atoms with van der Waals surface area (Å²) < 4.78 is 0. The van der Waals surface area contributed by atoms with E-state index in [1.54, 1.807) is 0 Å². The number of nitrogens with zero attached hydrogens (tertiary/aromatic N) is 1. The molecule has 2 fully saturated rings. The molecule has 0 bridgehead atoms. The van der Waals surface area contributed by atoms with Gasteiger partial charge in [-0.1, -0.05) is 17.7 Å². The van der Waals surface area contributed by atoms with Crippen LogP contribution in [0.1, 0.15) is 36.0 Å². The first-order valence-electron chi connectivity index (χ1n) is 7.85. The molecule has 1 unspecified atom stereocenters. The van der Waals surface area contributed by atoms with Gasteiger partial charge >= 0.3 is 0 Å². The molecule has 4 nitrogen and oxygen atoms in total. The van der Waals surface area contributed by atoms with Gasteiger partial charge in [0, 0.05) is 29.5 Å². The van der Waals surface area contributed by atoms with Crippen LogP contribution < -0.4 is 5.32 Å². The Balaban J connectivity index is 1.87. The quantitative estimate of drug-likeness (QED) is 0.866. The number of hydrogen-bond acceptors (Lipinski definition) is 4. The molecule has 0 saturated carbocycles. The van der Waals surface area contributed by atoms with Crippen molar-refractivity contribution < 1.29 is 9.59 Å². The van der Waals surface area contributed by atoms with Crippen molar-refractivity contribution in [1.29, 1.82) is 0 Å². The third-order valence-corrected chi connectivity index (χ3v) is 5.83. The van der Waals surface area contributed by atoms with Crippen LogP contribution in [0.3, 0.4) is 0 Å². The fraction of sp³-hybridized carbons (Fsp3) is 0.529. The standard InChI is InChI=1S/C17H22N2O2S/c1-11-7-12(2)17(22-14-5-6-18-9-14)13(8-11)10-19-15(20)3-4-16(19)21/h7-8,14,18H,3-6,9-10H2,1-2H3. The highest BCUT2D eigenvalue weighted by molar-refractivity contribution is 8.00. The highest BCUT2D eigenvalue weighted by atomic mass is 32.2. The largest absolute Gasteiger partial charge is 0.316 e. The second kappa shape index (κ2) is 6.42. The van der Waals surface area contributed by atoms with E-state index in [2.05, 4.69) is 31.3 Å². The Hall–Kier alpha value is -1.33. The average Bonchev–Trinajstić information content (AvgIpc) is 3.07. The van der Waals surface area contributed by atoms with Gasteiger partial charge < -0.3 is 5.32 Å². The first-order chi connectivity index (χ1) is 10.5. The fourth-order valence-corrected chi connectivity index (χ4v) is 4.48. The average molecular weight is 318 g/mol. The molecule has 5 heteroatoms. The number of carbonyl (C=O) groups is 2. The summed E-state index contributed by atoms with van der Waals surface area (Å²) in [5.41, 5.74) is 3.53. The lowest BCUT2D eigenvalue weighted by molar-refractivity contribution is -0.139. The van der Waals surface area contributed by atoms with Crippen molar-refractivity contribution in [3.8, 4) is 0 Å². The van der Waals surface area contributed by atoms with Gasteiger partial charge in [-0.05, 0) is 37.9 Å². The van der Waals surface area contributed by atoms with Gasteiger partial charge in [-0.15, -0.1) is 11.8 Å². The summed E-state index contributed by atoms with van der Waals surface area (Å²) in [5.74, 6) is -0.0784. The molecule has 2 amide bonds. The van der Waals surface area contributed by atoms with Gasteiger partial charge in [-0.25, -0.2) is 0 Å². The minimum atomic E-state index is -0.0392. The van der Waals surface area contributed by atoms with Gasteiger partial charge in [-0.3, -0.25) is 14.5 Å². The van der Waals surface area contributed by atoms with E-state index >= 15 is 0 Å². The van der Waals surface area contributed by atoms with Gasteiger partial charge in [0.25, 0.3) is 0 Å². The van der Waals surface area contributed by atoms with E-state index in [0.717, 1.165) is 18.7 Å². The molecule has 1 aromatic rings. The molecule has 22 heavy (non-hydrogen) atoms. The first-order valence-corrected chi connectivity index (χ1v) is 8.73. The maximum absolute atomic E-state index is 11.9. The molecule has 118 valence electrons. The molecule has 2 aliphatic heterocycles. The van der Waals surface area contributed by atoms with E-state index in [9.17, 15) is 9.59 Å². The molecule has 0 spiro atoms. The number of rotatable bonds is 4. The first kappa shape index (κ1) is 15.6. The number of aryl methyl sites for hydroxylation is 2. The maximum Gasteiger partial charge on any atom is 0.229 e. The van der Waals surface area contributed by atoms with E-state index in [1.165, 1.54) is 27.3 Å². The van der Waals surface area contributed by atoms with Crippen molar-refractivity contribution in [3.05, 3.63) is 28.8 Å². The highest BCUT2D eigenvalue weighted by Crippen LogP contribution is 2.34. The lowest BCUT2D eigenvalue weighted by Gasteiger charge is -2.20. The minimum absolute atomic E-state index is 0.0392. The molecule has 0 aromatic heterocycles. The lowest BCUT2D eigenvalue weighted by Crippen LogP contribution is -2.28. The molecular weight excluding hydrogens is 296 g/mol. The Kier molecular flexibility index (Phi) is 4.54. The number of nitrogens with one attached hydrogen (secondary N) is 1. The Bertz CT molecular complexity index is 593. The van der Waals surface area contributed by atoms with Gasteiger partial charge in [0.1, 0.15) is 0 Å². The molecule has 1 aromatic carbocycles. The van der Waals surface area contributed by atoms with E-state index in [0.29, 0.717) is 24.6 Å². The Labute approximate surface area is 135 Å². The van der Waals surface area contributed by atoms with Gasteiger partial charge in [0.2, 0.25) is 11.8 Å². The molecular formula is C17H22N2O2S. The lowest BCUT2D eigenvalue weighted by atomic mass is 10.1. The van der Waals surface area contributed by atoms with Crippen LogP contribution in [0.4, 0.5) is 0 Å². The summed E-state index contributed by atoms with van der Waals surface area (Å²) in [6.45, 7) is 6.70. The zero-order valence-electron chi connectivity index (χ0n) is 13.1. The summed E-state index contributed by atoms with van der Waals surface area (Å²) in [5, 5.41) is 3.96. The van der Waals surface area contributed by atoms with Crippen molar-refractivity contribution in [2.24, 2.45) is 0 Å². The summed E-state index contributed by atoms with van der Waals surface area (Å²) in [4.78, 5) is 26.5. The molecule has 1 atom stereocenters. The van der Waals surface area contributed by atoms with E-state index in [-0.39, 0.29) is 11.8 Å². The summed E-state index contributed by atoms with van der Waals surface area (Å²) in [6, 6.07) is 4.30. The maximum atomic E-state index is 11.9. The molecule has 0 radical (unpaired) electrons. The van der Waals surface area contributed by atoms with E-state index in [4.69, 9.17) is 0 Å². The number of hydrogen-bond donors (Lipinski definition) is 1. The number of imide groups is 1. The van der Waals surface area contributed by atoms with Crippen LogP contribution in [0.15, 0.2) is 17.0 Å². The normalized spacial score (nSPS) is 21.9. The zero-order valence-corrected chi connectivity index (χ0v) is 14.0. The van der Waals surface area contributed by atoms with Crippen molar-refractivity contribution >= 4 is 23.6 Å². The van der Waals surface area contributed by atoms with Crippen LogP contribution in [0.25, 0.3) is 0 Å². The third-order valence-electron chi connectivity index (χ3n) is 4.28. The van der Waals surface area contributed by atoms with Crippen molar-refractivity contribution in [1.82, 2.24) is 10.2 Å². The minimum Gasteiger partial charge on any atom is -0.316 e. The number of amides is 2. The van der Waals surface area contributed by atoms with Crippen LogP contribution >= 0.6 is 11.8 Å². The monoisotopic (exact) mass is 318 g/mol. The van der Waals surface area contributed by atoms with Gasteiger partial charge in [0.05, 0.1) is 6.54 Å². The summed E-state index contributed by atoms with van der Waals surface area (Å²) in [7, 11) is 0. The molecule has 3 rings (SSSR count). The van der Waals surface area contributed by atoms with Crippen LogP contribution in [-0.4, -0.2) is 35.1 Å². The predicted octanol–water partition coefficient (Wildman–Crippen LogP) is 2.41. The SMILES string of the molecule is Cc1cc(C)c(SC2CCNC2)c(CN2C(=O)CCC2=O)c1. The predicted molar refractivity (Wildman–Crippen MR) is 87.8 cm³/mol. The van der Waals surface area contributed by atoms with Crippen molar-refractivity contribution in [2.45, 2.75) is 49.8 Å². The zero-order chi connectivity index (χ0) is 15.7. The number of benzene rings is 1. The van der Waals surface area contributed by atoms with Crippen molar-refractivity contribution in [2.75, 3.05) is 13.1 Å². The second-order valence-electron chi connectivity index (χ2n) is 6.18. The van der Waals surface area contributed by atoms with E-state index in [1.807, 2.05) is 11.8 Å². The Morgan fingerprint density at radius 2 is 1.95 bits per heavy atom. The number of likely N-dealkylation sites (tertiary alicyclic amines) is 1. The smallest absolute Gasteiger partial charge is 0.229 e. The topological polar surface area (TPSA) is 49.4 Å². The molecule has 1 N–H and O–H groups in total. The number of thioether (sulfide) groups is 1. The van der Waals surface area contributed by atoms with Gasteiger partial charge in [0.15, 0.2) is 0 Å². The summed E-state index contributed by atoms with van der Waals surface area (Å²) >= 11 is 1.89. The van der Waals surface area contributed by atoms with Crippen LogP contribution in [0, 0.1) is 13.8 Å².